The van der Waals surface area contributed by atoms with Gasteiger partial charge in [0.25, 0.3) is 10.2 Å². The Morgan fingerprint density at radius 3 is 3.00 bits per heavy atom. The molecule has 0 amide bonds. The van der Waals surface area contributed by atoms with Crippen LogP contribution >= 0.6 is 11.3 Å². The van der Waals surface area contributed by atoms with Crippen molar-refractivity contribution < 1.29 is 8.42 Å². The predicted octanol–water partition coefficient (Wildman–Crippen LogP) is 1.02. The van der Waals surface area contributed by atoms with Crippen molar-refractivity contribution >= 4 is 21.5 Å². The first-order valence-corrected chi connectivity index (χ1v) is 9.14. The summed E-state index contributed by atoms with van der Waals surface area (Å²) in [6.45, 7) is 5.33. The average Bonchev–Trinajstić information content (AvgIpc) is 2.85. The van der Waals surface area contributed by atoms with Gasteiger partial charge < -0.3 is 5.73 Å². The van der Waals surface area contributed by atoms with E-state index < -0.39 is 10.2 Å². The highest BCUT2D eigenvalue weighted by molar-refractivity contribution is 7.87. The molecule has 2 atom stereocenters. The number of nitrogens with zero attached hydrogens (tertiary/aromatic N) is 2. The molecule has 0 radical (unpaired) electrons. The van der Waals surface area contributed by atoms with Crippen LogP contribution in [0.3, 0.4) is 0 Å². The molecule has 0 bridgehead atoms. The van der Waals surface area contributed by atoms with E-state index in [0.717, 1.165) is 23.5 Å². The standard InChI is InChI=1S/C12H22N4O2S2/c1-9-8-19-12(14-9)10(2)15-20(17,18)16-5-3-4-11(6-13)7-16/h8,10-11,15H,3-7,13H2,1-2H3. The fourth-order valence-electron chi connectivity index (χ4n) is 2.36. The Kier molecular flexibility index (Phi) is 5.14. The second kappa shape index (κ2) is 6.48. The molecule has 2 heterocycles. The van der Waals surface area contributed by atoms with Gasteiger partial charge in [0, 0.05) is 24.2 Å². The Morgan fingerprint density at radius 1 is 1.65 bits per heavy atom. The van der Waals surface area contributed by atoms with Crippen molar-refractivity contribution in [3.05, 3.63) is 16.1 Å². The monoisotopic (exact) mass is 318 g/mol. The maximum atomic E-state index is 12.4. The van der Waals surface area contributed by atoms with Crippen LogP contribution in [0.15, 0.2) is 5.38 Å². The van der Waals surface area contributed by atoms with E-state index in [-0.39, 0.29) is 12.0 Å². The molecular formula is C12H22N4O2S2. The zero-order valence-corrected chi connectivity index (χ0v) is 13.5. The number of rotatable bonds is 5. The molecule has 114 valence electrons. The van der Waals surface area contributed by atoms with Crippen LogP contribution < -0.4 is 10.5 Å². The fraction of sp³-hybridized carbons (Fsp3) is 0.750. The number of hydrogen-bond acceptors (Lipinski definition) is 5. The van der Waals surface area contributed by atoms with E-state index in [1.807, 2.05) is 19.2 Å². The zero-order chi connectivity index (χ0) is 14.8. The first kappa shape index (κ1) is 15.8. The lowest BCUT2D eigenvalue weighted by atomic mass is 10.0. The molecule has 6 nitrogen and oxygen atoms in total. The highest BCUT2D eigenvalue weighted by atomic mass is 32.2. The van der Waals surface area contributed by atoms with E-state index in [0.29, 0.717) is 19.6 Å². The minimum atomic E-state index is -3.47. The Labute approximate surface area is 124 Å². The molecule has 8 heteroatoms. The lowest BCUT2D eigenvalue weighted by Crippen LogP contribution is -2.47. The van der Waals surface area contributed by atoms with Crippen molar-refractivity contribution in [2.24, 2.45) is 11.7 Å². The smallest absolute Gasteiger partial charge is 0.280 e. The van der Waals surface area contributed by atoms with Crippen LogP contribution in [0.5, 0.6) is 0 Å². The van der Waals surface area contributed by atoms with Gasteiger partial charge in [0.1, 0.15) is 5.01 Å². The summed E-state index contributed by atoms with van der Waals surface area (Å²) < 4.78 is 29.0. The number of thiazole rings is 1. The molecule has 3 N–H and O–H groups in total. The maximum Gasteiger partial charge on any atom is 0.280 e. The average molecular weight is 318 g/mol. The summed E-state index contributed by atoms with van der Waals surface area (Å²) in [4.78, 5) is 4.32. The Bertz CT molecular complexity index is 543. The molecule has 1 aromatic rings. The second-order valence-corrected chi connectivity index (χ2v) is 7.87. The normalized spacial score (nSPS) is 22.9. The van der Waals surface area contributed by atoms with Crippen LogP contribution in [0.1, 0.15) is 36.5 Å². The first-order valence-electron chi connectivity index (χ1n) is 6.82. The van der Waals surface area contributed by atoms with Crippen molar-refractivity contribution in [3.63, 3.8) is 0 Å². The Morgan fingerprint density at radius 2 is 2.40 bits per heavy atom. The summed E-state index contributed by atoms with van der Waals surface area (Å²) >= 11 is 1.47. The first-order chi connectivity index (χ1) is 9.42. The highest BCUT2D eigenvalue weighted by Gasteiger charge is 2.29. The summed E-state index contributed by atoms with van der Waals surface area (Å²) in [7, 11) is -3.47. The molecule has 0 aromatic carbocycles. The minimum absolute atomic E-state index is 0.262. The van der Waals surface area contributed by atoms with Gasteiger partial charge >= 0.3 is 0 Å². The van der Waals surface area contributed by atoms with E-state index in [1.54, 1.807) is 0 Å². The van der Waals surface area contributed by atoms with Gasteiger partial charge in [-0.05, 0) is 39.2 Å². The topological polar surface area (TPSA) is 88.3 Å². The molecule has 1 fully saturated rings. The predicted molar refractivity (Wildman–Crippen MR) is 80.7 cm³/mol. The van der Waals surface area contributed by atoms with Gasteiger partial charge in [-0.3, -0.25) is 0 Å². The Hall–Kier alpha value is -0.540. The molecule has 0 aliphatic carbocycles. The molecular weight excluding hydrogens is 296 g/mol. The fourth-order valence-corrected chi connectivity index (χ4v) is 4.72. The van der Waals surface area contributed by atoms with Gasteiger partial charge in [0.15, 0.2) is 0 Å². The van der Waals surface area contributed by atoms with E-state index in [1.165, 1.54) is 15.6 Å². The third-order valence-corrected chi connectivity index (χ3v) is 6.30. The molecule has 1 saturated heterocycles. The van der Waals surface area contributed by atoms with Crippen molar-refractivity contribution in [2.75, 3.05) is 19.6 Å². The summed E-state index contributed by atoms with van der Waals surface area (Å²) in [5.74, 6) is 0.262. The number of nitrogens with two attached hydrogens (primary N) is 1. The minimum Gasteiger partial charge on any atom is -0.330 e. The van der Waals surface area contributed by atoms with E-state index in [9.17, 15) is 8.42 Å². The van der Waals surface area contributed by atoms with E-state index in [2.05, 4.69) is 9.71 Å². The van der Waals surface area contributed by atoms with Gasteiger partial charge in [0.05, 0.1) is 6.04 Å². The van der Waals surface area contributed by atoms with Crippen molar-refractivity contribution in [2.45, 2.75) is 32.7 Å². The van der Waals surface area contributed by atoms with Crippen LogP contribution in [0.25, 0.3) is 0 Å². The summed E-state index contributed by atoms with van der Waals surface area (Å²) in [6.07, 6.45) is 1.87. The second-order valence-electron chi connectivity index (χ2n) is 5.27. The van der Waals surface area contributed by atoms with Gasteiger partial charge in [-0.2, -0.15) is 17.4 Å². The largest absolute Gasteiger partial charge is 0.330 e. The van der Waals surface area contributed by atoms with E-state index >= 15 is 0 Å². The SMILES string of the molecule is Cc1csc(C(C)NS(=O)(=O)N2CCCC(CN)C2)n1. The van der Waals surface area contributed by atoms with Crippen LogP contribution in [-0.2, 0) is 10.2 Å². The van der Waals surface area contributed by atoms with Crippen LogP contribution in [0.2, 0.25) is 0 Å². The number of hydrogen-bond donors (Lipinski definition) is 2. The van der Waals surface area contributed by atoms with Gasteiger partial charge in [-0.25, -0.2) is 4.98 Å². The molecule has 2 rings (SSSR count). The summed E-state index contributed by atoms with van der Waals surface area (Å²) in [5, 5.41) is 2.71. The Balaban J connectivity index is 2.03. The van der Waals surface area contributed by atoms with Crippen molar-refractivity contribution in [1.29, 1.82) is 0 Å². The number of aryl methyl sites for hydroxylation is 1. The molecule has 2 unspecified atom stereocenters. The summed E-state index contributed by atoms with van der Waals surface area (Å²) in [5.41, 5.74) is 6.57. The van der Waals surface area contributed by atoms with Crippen LogP contribution in [-0.4, -0.2) is 37.3 Å². The molecule has 1 aromatic heterocycles. The van der Waals surface area contributed by atoms with Crippen molar-refractivity contribution in [3.8, 4) is 0 Å². The maximum absolute atomic E-state index is 12.4. The number of aromatic nitrogens is 1. The number of nitrogens with one attached hydrogen (secondary N) is 1. The number of piperidine rings is 1. The van der Waals surface area contributed by atoms with Crippen molar-refractivity contribution in [1.82, 2.24) is 14.0 Å². The molecule has 1 aliphatic rings. The zero-order valence-electron chi connectivity index (χ0n) is 11.9. The van der Waals surface area contributed by atoms with Crippen LogP contribution in [0.4, 0.5) is 0 Å². The summed E-state index contributed by atoms with van der Waals surface area (Å²) in [6, 6.07) is -0.308. The highest BCUT2D eigenvalue weighted by Crippen LogP contribution is 2.21. The third-order valence-electron chi connectivity index (χ3n) is 3.49. The molecule has 0 saturated carbocycles. The third kappa shape index (κ3) is 3.76. The van der Waals surface area contributed by atoms with Gasteiger partial charge in [-0.15, -0.1) is 11.3 Å². The van der Waals surface area contributed by atoms with Crippen LogP contribution in [0, 0.1) is 12.8 Å². The van der Waals surface area contributed by atoms with Gasteiger partial charge in [0.2, 0.25) is 0 Å². The molecule has 20 heavy (non-hydrogen) atoms. The lowest BCUT2D eigenvalue weighted by Gasteiger charge is -2.31. The van der Waals surface area contributed by atoms with E-state index in [4.69, 9.17) is 5.73 Å². The van der Waals surface area contributed by atoms with Gasteiger partial charge in [-0.1, -0.05) is 0 Å². The lowest BCUT2D eigenvalue weighted by molar-refractivity contribution is 0.267. The molecule has 0 spiro atoms. The molecule has 1 aliphatic heterocycles. The quantitative estimate of drug-likeness (QED) is 0.848.